The molecule has 0 saturated heterocycles. The van der Waals surface area contributed by atoms with Crippen LogP contribution in [0.2, 0.25) is 0 Å². The van der Waals surface area contributed by atoms with E-state index in [4.69, 9.17) is 0 Å². The third kappa shape index (κ3) is 8.37. The number of aliphatic carboxylic acids is 1. The third-order valence-electron chi connectivity index (χ3n) is 5.52. The van der Waals surface area contributed by atoms with Crippen molar-refractivity contribution < 1.29 is 19.5 Å². The first kappa shape index (κ1) is 27.2. The fraction of sp³-hybridized carbons (Fsp3) is 0.100. The van der Waals surface area contributed by atoms with E-state index in [0.29, 0.717) is 17.8 Å². The van der Waals surface area contributed by atoms with Crippen LogP contribution in [0.25, 0.3) is 0 Å². The van der Waals surface area contributed by atoms with Crippen LogP contribution in [0.1, 0.15) is 33.2 Å². The van der Waals surface area contributed by atoms with E-state index in [-0.39, 0.29) is 22.3 Å². The van der Waals surface area contributed by atoms with Crippen molar-refractivity contribution in [1.29, 1.82) is 0 Å². The summed E-state index contributed by atoms with van der Waals surface area (Å²) in [6.45, 7) is 0.405. The van der Waals surface area contributed by atoms with E-state index in [1.807, 2.05) is 84.9 Å². The van der Waals surface area contributed by atoms with Crippen molar-refractivity contribution in [2.75, 3.05) is 5.32 Å². The van der Waals surface area contributed by atoms with Gasteiger partial charge in [0.25, 0.3) is 0 Å². The first-order valence-corrected chi connectivity index (χ1v) is 14.7. The molecule has 0 aliphatic rings. The minimum absolute atomic E-state index is 0.00424. The average Bonchev–Trinajstić information content (AvgIpc) is 2.93. The molecule has 6 nitrogen and oxygen atoms in total. The van der Waals surface area contributed by atoms with Crippen LogP contribution in [0.3, 0.4) is 0 Å². The number of hydrogen-bond donors (Lipinski definition) is 3. The van der Waals surface area contributed by atoms with E-state index in [1.54, 1.807) is 24.3 Å². The molecule has 3 N–H and O–H groups in total. The van der Waals surface area contributed by atoms with Crippen LogP contribution < -0.4 is 15.0 Å². The Morgan fingerprint density at radius 1 is 0.816 bits per heavy atom. The number of anilines is 1. The molecule has 0 aromatic heterocycles. The number of urea groups is 1. The fourth-order valence-corrected chi connectivity index (χ4v) is 6.92. The SMILES string of the molecule is O=C(O)CC(Sc1cccc([As]C(=O)c2cccc(NC(=O)NCc3ccccc3)c2)c1)c1ccccc1. The van der Waals surface area contributed by atoms with Crippen molar-refractivity contribution in [1.82, 2.24) is 5.32 Å². The van der Waals surface area contributed by atoms with Crippen LogP contribution in [0.5, 0.6) is 0 Å². The number of carbonyl (C=O) groups excluding carboxylic acids is 2. The molecule has 0 bridgehead atoms. The third-order valence-corrected chi connectivity index (χ3v) is 8.86. The summed E-state index contributed by atoms with van der Waals surface area (Å²) in [6, 6.07) is 33.5. The second kappa shape index (κ2) is 13.7. The maximum atomic E-state index is 13.1. The van der Waals surface area contributed by atoms with Crippen LogP contribution >= 0.6 is 11.8 Å². The molecule has 4 aromatic rings. The van der Waals surface area contributed by atoms with Gasteiger partial charge in [0.2, 0.25) is 0 Å². The summed E-state index contributed by atoms with van der Waals surface area (Å²) in [6.07, 6.45) is 0.00424. The van der Waals surface area contributed by atoms with Gasteiger partial charge in [0.15, 0.2) is 0 Å². The Kier molecular flexibility index (Phi) is 9.79. The molecule has 0 spiro atoms. The van der Waals surface area contributed by atoms with E-state index in [9.17, 15) is 19.5 Å². The molecule has 38 heavy (non-hydrogen) atoms. The van der Waals surface area contributed by atoms with Gasteiger partial charge in [-0.1, -0.05) is 0 Å². The minimum atomic E-state index is -0.855. The molecule has 8 heteroatoms. The van der Waals surface area contributed by atoms with Gasteiger partial charge in [0.05, 0.1) is 0 Å². The second-order valence-electron chi connectivity index (χ2n) is 8.40. The molecule has 0 heterocycles. The summed E-state index contributed by atoms with van der Waals surface area (Å²) in [7, 11) is 0. The average molecular weight is 586 g/mol. The molecule has 0 saturated carbocycles. The molecule has 1 radical (unpaired) electrons. The molecule has 0 fully saturated rings. The summed E-state index contributed by atoms with van der Waals surface area (Å²) >= 11 is 0.665. The molecule has 0 aliphatic heterocycles. The number of rotatable bonds is 11. The first-order chi connectivity index (χ1) is 18.5. The van der Waals surface area contributed by atoms with Crippen LogP contribution in [-0.2, 0) is 11.3 Å². The van der Waals surface area contributed by atoms with Crippen molar-refractivity contribution in [3.05, 3.63) is 126 Å². The number of thioether (sulfide) groups is 1. The van der Waals surface area contributed by atoms with Gasteiger partial charge in [-0.2, -0.15) is 0 Å². The fourth-order valence-electron chi connectivity index (χ4n) is 3.71. The van der Waals surface area contributed by atoms with Gasteiger partial charge in [-0.3, -0.25) is 0 Å². The van der Waals surface area contributed by atoms with Gasteiger partial charge in [-0.15, -0.1) is 0 Å². The maximum absolute atomic E-state index is 13.1. The van der Waals surface area contributed by atoms with Crippen LogP contribution in [0.4, 0.5) is 10.5 Å². The summed E-state index contributed by atoms with van der Waals surface area (Å²) < 4.78 is 0.944. The zero-order chi connectivity index (χ0) is 26.7. The molecular weight excluding hydrogens is 559 g/mol. The Bertz CT molecular complexity index is 1400. The number of benzene rings is 4. The Morgan fingerprint density at radius 2 is 1.53 bits per heavy atom. The van der Waals surface area contributed by atoms with Gasteiger partial charge in [0.1, 0.15) is 0 Å². The van der Waals surface area contributed by atoms with Crippen LogP contribution in [0.15, 0.2) is 114 Å². The van der Waals surface area contributed by atoms with Gasteiger partial charge in [0, 0.05) is 0 Å². The number of carbonyl (C=O) groups is 3. The molecule has 191 valence electrons. The van der Waals surface area contributed by atoms with Crippen molar-refractivity contribution in [2.45, 2.75) is 23.1 Å². The zero-order valence-corrected chi connectivity index (χ0v) is 23.1. The van der Waals surface area contributed by atoms with Crippen molar-refractivity contribution >= 4 is 54.1 Å². The summed E-state index contributed by atoms with van der Waals surface area (Å²) in [5.74, 6) is -0.855. The van der Waals surface area contributed by atoms with E-state index < -0.39 is 21.7 Å². The van der Waals surface area contributed by atoms with Crippen molar-refractivity contribution in [3.63, 3.8) is 0 Å². The van der Waals surface area contributed by atoms with E-state index in [0.717, 1.165) is 20.4 Å². The Balaban J connectivity index is 1.38. The topological polar surface area (TPSA) is 95.5 Å². The van der Waals surface area contributed by atoms with Crippen LogP contribution in [0, 0.1) is 0 Å². The summed E-state index contributed by atoms with van der Waals surface area (Å²) in [5.41, 5.74) is 3.03. The van der Waals surface area contributed by atoms with Crippen molar-refractivity contribution in [3.8, 4) is 0 Å². The standard InChI is InChI=1S/C30H26AsN2O4S/c34-28(35)19-27(22-11-5-2-6-12-22)38-26-16-8-14-24(18-26)31-29(36)23-13-7-15-25(17-23)33-30(37)32-20-21-9-3-1-4-10-21/h1-18,27H,19-20H2,(H,34,35)(H2,32,33,37). The molecule has 2 amide bonds. The monoisotopic (exact) mass is 585 g/mol. The predicted molar refractivity (Wildman–Crippen MR) is 152 cm³/mol. The van der Waals surface area contributed by atoms with Crippen LogP contribution in [-0.4, -0.2) is 37.4 Å². The van der Waals surface area contributed by atoms with Gasteiger partial charge >= 0.3 is 233 Å². The number of hydrogen-bond acceptors (Lipinski definition) is 4. The summed E-state index contributed by atoms with van der Waals surface area (Å²) in [5, 5.41) is 14.8. The van der Waals surface area contributed by atoms with E-state index in [2.05, 4.69) is 10.6 Å². The predicted octanol–water partition coefficient (Wildman–Crippen LogP) is 5.49. The zero-order valence-electron chi connectivity index (χ0n) is 20.4. The van der Waals surface area contributed by atoms with Crippen molar-refractivity contribution in [2.24, 2.45) is 0 Å². The molecule has 0 aliphatic carbocycles. The van der Waals surface area contributed by atoms with Gasteiger partial charge in [-0.05, 0) is 0 Å². The number of carboxylic acids is 1. The van der Waals surface area contributed by atoms with E-state index in [1.165, 1.54) is 11.8 Å². The number of nitrogens with one attached hydrogen (secondary N) is 2. The molecule has 4 aromatic carbocycles. The Labute approximate surface area is 232 Å². The first-order valence-electron chi connectivity index (χ1n) is 11.9. The molecular formula is C30H26AsN2O4S. The second-order valence-corrected chi connectivity index (χ2v) is 12.1. The van der Waals surface area contributed by atoms with E-state index >= 15 is 0 Å². The van der Waals surface area contributed by atoms with Gasteiger partial charge < -0.3 is 0 Å². The quantitative estimate of drug-likeness (QED) is 0.160. The normalized spacial score (nSPS) is 11.7. The number of amides is 2. The number of carboxylic acid groups (broad SMARTS) is 1. The van der Waals surface area contributed by atoms with Gasteiger partial charge in [-0.25, -0.2) is 0 Å². The summed E-state index contributed by atoms with van der Waals surface area (Å²) in [4.78, 5) is 37.8. The Hall–Kier alpha value is -3.80. The molecule has 1 unspecified atom stereocenters. The molecule has 4 rings (SSSR count). The Morgan fingerprint density at radius 3 is 2.26 bits per heavy atom. The molecule has 1 atom stereocenters.